The van der Waals surface area contributed by atoms with Crippen LogP contribution in [0.2, 0.25) is 20.1 Å². The van der Waals surface area contributed by atoms with E-state index in [1.807, 2.05) is 29.6 Å². The third-order valence-electron chi connectivity index (χ3n) is 6.58. The molecule has 2 aromatic carbocycles. The molecule has 1 aliphatic rings. The van der Waals surface area contributed by atoms with E-state index in [1.165, 1.54) is 4.90 Å². The second kappa shape index (κ2) is 13.9. The minimum Gasteiger partial charge on any atom is -0.356 e. The van der Waals surface area contributed by atoms with Crippen LogP contribution in [0, 0.1) is 0 Å². The van der Waals surface area contributed by atoms with Crippen LogP contribution >= 0.6 is 57.7 Å². The van der Waals surface area contributed by atoms with Gasteiger partial charge in [0.1, 0.15) is 6.04 Å². The molecule has 0 aliphatic carbocycles. The van der Waals surface area contributed by atoms with E-state index in [0.29, 0.717) is 59.0 Å². The fraction of sp³-hybridized carbons (Fsp3) is 0.321. The molecule has 0 spiro atoms. The highest BCUT2D eigenvalue weighted by molar-refractivity contribution is 7.09. The fourth-order valence-corrected chi connectivity index (χ4v) is 6.20. The highest BCUT2D eigenvalue weighted by Gasteiger charge is 2.40. The van der Waals surface area contributed by atoms with Crippen LogP contribution in [0.15, 0.2) is 53.9 Å². The van der Waals surface area contributed by atoms with E-state index < -0.39 is 6.04 Å². The van der Waals surface area contributed by atoms with E-state index in [0.717, 1.165) is 16.0 Å². The Hall–Kier alpha value is -2.29. The molecule has 1 aliphatic heterocycles. The summed E-state index contributed by atoms with van der Waals surface area (Å²) >= 11 is 26.1. The molecule has 3 amide bonds. The van der Waals surface area contributed by atoms with Gasteiger partial charge < -0.3 is 15.1 Å². The molecule has 2 heterocycles. The normalized spacial score (nSPS) is 15.6. The predicted octanol–water partition coefficient (Wildman–Crippen LogP) is 5.94. The number of carbonyl (C=O) groups is 3. The third-order valence-corrected chi connectivity index (χ3v) is 8.69. The Bertz CT molecular complexity index is 1340. The predicted molar refractivity (Wildman–Crippen MR) is 158 cm³/mol. The summed E-state index contributed by atoms with van der Waals surface area (Å²) in [6.45, 7) is 0.961. The van der Waals surface area contributed by atoms with Crippen LogP contribution in [0.4, 0.5) is 0 Å². The first kappa shape index (κ1) is 29.7. The van der Waals surface area contributed by atoms with E-state index in [-0.39, 0.29) is 30.7 Å². The number of carbonyl (C=O) groups excluding carboxylic acids is 3. The molecule has 1 fully saturated rings. The first-order chi connectivity index (χ1) is 18.7. The van der Waals surface area contributed by atoms with Gasteiger partial charge in [-0.25, -0.2) is 0 Å². The molecule has 1 unspecified atom stereocenters. The Morgan fingerprint density at radius 1 is 0.897 bits per heavy atom. The second-order valence-corrected chi connectivity index (χ2v) is 11.9. The van der Waals surface area contributed by atoms with Gasteiger partial charge in [-0.2, -0.15) is 0 Å². The number of piperazine rings is 1. The van der Waals surface area contributed by atoms with Gasteiger partial charge in [0.25, 0.3) is 0 Å². The number of hydrogen-bond acceptors (Lipinski definition) is 4. The minimum absolute atomic E-state index is 0.0400. The molecular weight excluding hydrogens is 600 g/mol. The number of amides is 3. The van der Waals surface area contributed by atoms with Crippen molar-refractivity contribution in [2.45, 2.75) is 31.7 Å². The maximum absolute atomic E-state index is 13.6. The number of benzene rings is 2. The van der Waals surface area contributed by atoms with Crippen molar-refractivity contribution in [3.8, 4) is 0 Å². The van der Waals surface area contributed by atoms with Gasteiger partial charge >= 0.3 is 0 Å². The zero-order valence-electron chi connectivity index (χ0n) is 21.0. The topological polar surface area (TPSA) is 69.7 Å². The molecule has 206 valence electrons. The summed E-state index contributed by atoms with van der Waals surface area (Å²) < 4.78 is 0. The number of halogens is 4. The van der Waals surface area contributed by atoms with Gasteiger partial charge in [0.15, 0.2) is 0 Å². The van der Waals surface area contributed by atoms with E-state index >= 15 is 0 Å². The molecule has 39 heavy (non-hydrogen) atoms. The average Bonchev–Trinajstić information content (AvgIpc) is 3.41. The van der Waals surface area contributed by atoms with Crippen molar-refractivity contribution >= 4 is 75.5 Å². The zero-order valence-corrected chi connectivity index (χ0v) is 24.8. The van der Waals surface area contributed by atoms with Gasteiger partial charge in [-0.05, 0) is 66.1 Å². The van der Waals surface area contributed by atoms with Crippen molar-refractivity contribution in [3.05, 3.63) is 90.0 Å². The summed E-state index contributed by atoms with van der Waals surface area (Å²) in [5, 5.41) is 6.94. The van der Waals surface area contributed by atoms with Crippen molar-refractivity contribution in [1.82, 2.24) is 15.1 Å². The number of nitrogens with one attached hydrogen (secondary N) is 1. The van der Waals surface area contributed by atoms with Gasteiger partial charge in [-0.1, -0.05) is 64.6 Å². The quantitative estimate of drug-likeness (QED) is 0.287. The Morgan fingerprint density at radius 3 is 2.18 bits per heavy atom. The fourth-order valence-electron chi connectivity index (χ4n) is 4.49. The molecule has 0 radical (unpaired) electrons. The monoisotopic (exact) mass is 625 g/mol. The largest absolute Gasteiger partial charge is 0.356 e. The lowest BCUT2D eigenvalue weighted by Gasteiger charge is -2.40. The van der Waals surface area contributed by atoms with Crippen molar-refractivity contribution in [2.75, 3.05) is 26.2 Å². The molecule has 1 atom stereocenters. The molecule has 3 aromatic rings. The summed E-state index contributed by atoms with van der Waals surface area (Å²) in [7, 11) is 0. The highest BCUT2D eigenvalue weighted by atomic mass is 35.5. The van der Waals surface area contributed by atoms with Crippen LogP contribution in [-0.4, -0.2) is 59.7 Å². The molecule has 1 aromatic heterocycles. The first-order valence-corrected chi connectivity index (χ1v) is 14.9. The van der Waals surface area contributed by atoms with Crippen molar-refractivity contribution in [1.29, 1.82) is 0 Å². The second-order valence-electron chi connectivity index (χ2n) is 9.22. The highest BCUT2D eigenvalue weighted by Crippen LogP contribution is 2.24. The first-order valence-electron chi connectivity index (χ1n) is 12.5. The summed E-state index contributed by atoms with van der Waals surface area (Å²) in [4.78, 5) is 43.9. The van der Waals surface area contributed by atoms with Gasteiger partial charge in [0, 0.05) is 44.6 Å². The molecule has 0 bridgehead atoms. The lowest BCUT2D eigenvalue weighted by atomic mass is 10.0. The van der Waals surface area contributed by atoms with Gasteiger partial charge in [-0.3, -0.25) is 14.4 Å². The molecular formula is C28H27Cl4N3O3S. The number of rotatable bonds is 11. The van der Waals surface area contributed by atoms with Gasteiger partial charge in [0.2, 0.25) is 17.7 Å². The lowest BCUT2D eigenvalue weighted by Crippen LogP contribution is -2.61. The van der Waals surface area contributed by atoms with Gasteiger partial charge in [0.05, 0.1) is 13.0 Å². The molecule has 1 saturated heterocycles. The molecule has 6 nitrogen and oxygen atoms in total. The van der Waals surface area contributed by atoms with Crippen molar-refractivity contribution in [3.63, 3.8) is 0 Å². The maximum atomic E-state index is 13.6. The van der Waals surface area contributed by atoms with Gasteiger partial charge in [-0.15, -0.1) is 11.3 Å². The molecule has 0 saturated carbocycles. The van der Waals surface area contributed by atoms with E-state index in [2.05, 4.69) is 5.32 Å². The van der Waals surface area contributed by atoms with Crippen LogP contribution < -0.4 is 5.32 Å². The number of nitrogens with zero attached hydrogens (tertiary/aromatic N) is 2. The van der Waals surface area contributed by atoms with Crippen molar-refractivity contribution in [2.24, 2.45) is 0 Å². The van der Waals surface area contributed by atoms with Crippen LogP contribution in [0.1, 0.15) is 22.4 Å². The van der Waals surface area contributed by atoms with Crippen molar-refractivity contribution < 1.29 is 14.4 Å². The Kier molecular flexibility index (Phi) is 10.6. The van der Waals surface area contributed by atoms with Crippen LogP contribution in [0.3, 0.4) is 0 Å². The Labute approximate surface area is 251 Å². The van der Waals surface area contributed by atoms with E-state index in [1.54, 1.807) is 40.5 Å². The SMILES string of the molecule is O=C(CC1C(=O)N(CCc2ccc(Cl)cc2Cl)CC(=O)N1CCc1cccs1)NCCc1ccc(Cl)cc1Cl. The summed E-state index contributed by atoms with van der Waals surface area (Å²) in [5.74, 6) is -0.740. The molecule has 1 N–H and O–H groups in total. The van der Waals surface area contributed by atoms with E-state index in [4.69, 9.17) is 46.4 Å². The van der Waals surface area contributed by atoms with Crippen LogP contribution in [0.5, 0.6) is 0 Å². The summed E-state index contributed by atoms with van der Waals surface area (Å²) in [6.07, 6.45) is 1.46. The maximum Gasteiger partial charge on any atom is 0.246 e. The lowest BCUT2D eigenvalue weighted by molar-refractivity contribution is -0.157. The third kappa shape index (κ3) is 8.12. The molecule has 4 rings (SSSR count). The van der Waals surface area contributed by atoms with Crippen LogP contribution in [0.25, 0.3) is 0 Å². The minimum atomic E-state index is -0.883. The standard InChI is InChI=1S/C28H27Cl4N3O3S/c29-20-5-3-18(23(31)14-20)7-10-33-26(36)16-25-28(38)34(11-8-19-4-6-21(30)15-24(19)32)17-27(37)35(25)12-9-22-2-1-13-39-22/h1-6,13-15,25H,7-12,16-17H2,(H,33,36). The average molecular weight is 627 g/mol. The summed E-state index contributed by atoms with van der Waals surface area (Å²) in [6, 6.07) is 13.5. The van der Waals surface area contributed by atoms with Crippen LogP contribution in [-0.2, 0) is 33.6 Å². The molecule has 11 heteroatoms. The van der Waals surface area contributed by atoms with E-state index in [9.17, 15) is 14.4 Å². The Morgan fingerprint density at radius 2 is 1.56 bits per heavy atom. The zero-order chi connectivity index (χ0) is 27.9. The smallest absolute Gasteiger partial charge is 0.246 e. The number of hydrogen-bond donors (Lipinski definition) is 1. The number of thiophene rings is 1. The Balaban J connectivity index is 1.41. The summed E-state index contributed by atoms with van der Waals surface area (Å²) in [5.41, 5.74) is 1.69.